The van der Waals surface area contributed by atoms with Crippen molar-refractivity contribution in [1.82, 2.24) is 4.31 Å². The first kappa shape index (κ1) is 16.0. The summed E-state index contributed by atoms with van der Waals surface area (Å²) < 4.78 is 26.7. The van der Waals surface area contributed by atoms with Crippen molar-refractivity contribution in [2.75, 3.05) is 18.8 Å². The summed E-state index contributed by atoms with van der Waals surface area (Å²) in [6.45, 7) is 8.73. The monoisotopic (exact) mass is 284 g/mol. The number of hydrogen-bond acceptors (Lipinski definition) is 3. The molecule has 108 valence electrons. The molecule has 19 heavy (non-hydrogen) atoms. The Labute approximate surface area is 116 Å². The summed E-state index contributed by atoms with van der Waals surface area (Å²) >= 11 is 0. The molecule has 0 aliphatic heterocycles. The van der Waals surface area contributed by atoms with Crippen molar-refractivity contribution in [3.05, 3.63) is 23.3 Å². The predicted octanol–water partition coefficient (Wildman–Crippen LogP) is 2.70. The Morgan fingerprint density at radius 2 is 1.74 bits per heavy atom. The zero-order valence-electron chi connectivity index (χ0n) is 12.2. The van der Waals surface area contributed by atoms with Crippen molar-refractivity contribution in [2.24, 2.45) is 0 Å². The van der Waals surface area contributed by atoms with E-state index in [1.807, 2.05) is 27.7 Å². The maximum Gasteiger partial charge on any atom is 0.245 e. The smallest absolute Gasteiger partial charge is 0.245 e. The summed E-state index contributed by atoms with van der Waals surface area (Å²) in [5, 5.41) is 0. The Morgan fingerprint density at radius 1 is 1.16 bits per heavy atom. The second-order valence-corrected chi connectivity index (χ2v) is 6.73. The molecule has 1 aromatic rings. The highest BCUT2D eigenvalue weighted by molar-refractivity contribution is 7.89. The van der Waals surface area contributed by atoms with Gasteiger partial charge < -0.3 is 5.73 Å². The van der Waals surface area contributed by atoms with Gasteiger partial charge in [0.25, 0.3) is 0 Å². The minimum absolute atomic E-state index is 0.230. The van der Waals surface area contributed by atoms with E-state index in [4.69, 9.17) is 5.73 Å². The van der Waals surface area contributed by atoms with E-state index in [0.717, 1.165) is 24.0 Å². The maximum atomic E-state index is 12.6. The maximum absolute atomic E-state index is 12.6. The summed E-state index contributed by atoms with van der Waals surface area (Å²) in [5.41, 5.74) is 8.17. The molecule has 2 N–H and O–H groups in total. The van der Waals surface area contributed by atoms with E-state index in [9.17, 15) is 8.42 Å². The summed E-state index contributed by atoms with van der Waals surface area (Å²) in [6, 6.07) is 3.41. The number of unbranched alkanes of at least 4 members (excludes halogenated alkanes) is 1. The van der Waals surface area contributed by atoms with Crippen LogP contribution in [0.5, 0.6) is 0 Å². The molecular formula is C14H24N2O2S. The Morgan fingerprint density at radius 3 is 2.26 bits per heavy atom. The van der Waals surface area contributed by atoms with Crippen molar-refractivity contribution < 1.29 is 8.42 Å². The Bertz CT molecular complexity index is 539. The van der Waals surface area contributed by atoms with Crippen LogP contribution in [-0.2, 0) is 10.0 Å². The summed E-state index contributed by atoms with van der Waals surface area (Å²) in [4.78, 5) is 0.230. The van der Waals surface area contributed by atoms with Gasteiger partial charge in [0.1, 0.15) is 4.90 Å². The standard InChI is InChI=1S/C14H24N2O2S/c1-5-7-8-16(6-2)19(17,18)14-10-12(4)11(3)9-13(14)15/h9-10H,5-8,15H2,1-4H3. The first-order valence-electron chi connectivity index (χ1n) is 6.71. The molecule has 0 spiro atoms. The molecule has 0 aliphatic rings. The van der Waals surface area contributed by atoms with E-state index < -0.39 is 10.0 Å². The van der Waals surface area contributed by atoms with Crippen molar-refractivity contribution >= 4 is 15.7 Å². The van der Waals surface area contributed by atoms with Crippen LogP contribution in [0.15, 0.2) is 17.0 Å². The molecule has 0 atom stereocenters. The van der Waals surface area contributed by atoms with Gasteiger partial charge in [-0.3, -0.25) is 0 Å². The predicted molar refractivity (Wildman–Crippen MR) is 79.7 cm³/mol. The van der Waals surface area contributed by atoms with Gasteiger partial charge in [0.2, 0.25) is 10.0 Å². The zero-order valence-corrected chi connectivity index (χ0v) is 13.0. The summed E-state index contributed by atoms with van der Waals surface area (Å²) in [6.07, 6.45) is 1.83. The molecule has 0 heterocycles. The van der Waals surface area contributed by atoms with Crippen LogP contribution in [0.4, 0.5) is 5.69 Å². The van der Waals surface area contributed by atoms with Gasteiger partial charge in [-0.15, -0.1) is 0 Å². The van der Waals surface area contributed by atoms with E-state index in [0.29, 0.717) is 18.8 Å². The van der Waals surface area contributed by atoms with Crippen LogP contribution in [0.2, 0.25) is 0 Å². The lowest BCUT2D eigenvalue weighted by Crippen LogP contribution is -2.32. The summed E-state index contributed by atoms with van der Waals surface area (Å²) in [7, 11) is -3.48. The number of nitrogens with two attached hydrogens (primary N) is 1. The SMILES string of the molecule is CCCCN(CC)S(=O)(=O)c1cc(C)c(C)cc1N. The highest BCUT2D eigenvalue weighted by atomic mass is 32.2. The Hall–Kier alpha value is -1.07. The Balaban J connectivity index is 3.22. The number of sulfonamides is 1. The van der Waals surface area contributed by atoms with Gasteiger partial charge in [0.05, 0.1) is 5.69 Å². The van der Waals surface area contributed by atoms with E-state index >= 15 is 0 Å². The molecular weight excluding hydrogens is 260 g/mol. The third-order valence-electron chi connectivity index (χ3n) is 3.36. The fourth-order valence-electron chi connectivity index (χ4n) is 1.96. The first-order valence-corrected chi connectivity index (χ1v) is 8.15. The van der Waals surface area contributed by atoms with Crippen LogP contribution >= 0.6 is 0 Å². The molecule has 0 bridgehead atoms. The van der Waals surface area contributed by atoms with E-state index in [1.165, 1.54) is 4.31 Å². The average molecular weight is 284 g/mol. The minimum Gasteiger partial charge on any atom is -0.398 e. The number of aryl methyl sites for hydroxylation is 2. The van der Waals surface area contributed by atoms with Crippen LogP contribution in [-0.4, -0.2) is 25.8 Å². The van der Waals surface area contributed by atoms with Gasteiger partial charge in [-0.25, -0.2) is 8.42 Å². The molecule has 0 unspecified atom stereocenters. The van der Waals surface area contributed by atoms with E-state index in [-0.39, 0.29) is 4.90 Å². The topological polar surface area (TPSA) is 63.4 Å². The molecule has 0 fully saturated rings. The molecule has 0 aliphatic carbocycles. The number of hydrogen-bond donors (Lipinski definition) is 1. The normalized spacial score (nSPS) is 12.1. The molecule has 0 saturated heterocycles. The van der Waals surface area contributed by atoms with Gasteiger partial charge in [-0.05, 0) is 43.5 Å². The molecule has 1 rings (SSSR count). The summed E-state index contributed by atoms with van der Waals surface area (Å²) in [5.74, 6) is 0. The van der Waals surface area contributed by atoms with Crippen molar-refractivity contribution in [2.45, 2.75) is 45.4 Å². The highest BCUT2D eigenvalue weighted by Gasteiger charge is 2.25. The van der Waals surface area contributed by atoms with Gasteiger partial charge in [0, 0.05) is 13.1 Å². The van der Waals surface area contributed by atoms with Gasteiger partial charge >= 0.3 is 0 Å². The second-order valence-electron chi connectivity index (χ2n) is 4.82. The number of benzene rings is 1. The lowest BCUT2D eigenvalue weighted by Gasteiger charge is -2.21. The van der Waals surface area contributed by atoms with Crippen molar-refractivity contribution in [1.29, 1.82) is 0 Å². The van der Waals surface area contributed by atoms with Gasteiger partial charge in [0.15, 0.2) is 0 Å². The van der Waals surface area contributed by atoms with Crippen molar-refractivity contribution in [3.63, 3.8) is 0 Å². The quantitative estimate of drug-likeness (QED) is 0.817. The zero-order chi connectivity index (χ0) is 14.6. The lowest BCUT2D eigenvalue weighted by molar-refractivity contribution is 0.419. The first-order chi connectivity index (χ1) is 8.84. The fraction of sp³-hybridized carbons (Fsp3) is 0.571. The minimum atomic E-state index is -3.48. The highest BCUT2D eigenvalue weighted by Crippen LogP contribution is 2.25. The molecule has 0 radical (unpaired) electrons. The van der Waals surface area contributed by atoms with Gasteiger partial charge in [-0.2, -0.15) is 4.31 Å². The molecule has 4 nitrogen and oxygen atoms in total. The number of anilines is 1. The van der Waals surface area contributed by atoms with E-state index in [2.05, 4.69) is 0 Å². The van der Waals surface area contributed by atoms with Crippen LogP contribution in [0.3, 0.4) is 0 Å². The molecule has 0 amide bonds. The third kappa shape index (κ3) is 3.48. The Kier molecular flexibility index (Phi) is 5.38. The molecule has 5 heteroatoms. The third-order valence-corrected chi connectivity index (χ3v) is 5.39. The van der Waals surface area contributed by atoms with Crippen LogP contribution in [0.1, 0.15) is 37.8 Å². The molecule has 1 aromatic carbocycles. The molecule has 0 saturated carbocycles. The van der Waals surface area contributed by atoms with Gasteiger partial charge in [-0.1, -0.05) is 20.3 Å². The van der Waals surface area contributed by atoms with Crippen LogP contribution in [0.25, 0.3) is 0 Å². The number of nitrogens with zero attached hydrogens (tertiary/aromatic N) is 1. The van der Waals surface area contributed by atoms with Crippen LogP contribution in [0, 0.1) is 13.8 Å². The second kappa shape index (κ2) is 6.39. The fourth-order valence-corrected chi connectivity index (χ4v) is 3.63. The number of rotatable bonds is 6. The lowest BCUT2D eigenvalue weighted by atomic mass is 10.1. The van der Waals surface area contributed by atoms with E-state index in [1.54, 1.807) is 12.1 Å². The molecule has 0 aromatic heterocycles. The number of nitrogen functional groups attached to an aromatic ring is 1. The van der Waals surface area contributed by atoms with Crippen molar-refractivity contribution in [3.8, 4) is 0 Å². The van der Waals surface area contributed by atoms with Crippen LogP contribution < -0.4 is 5.73 Å². The largest absolute Gasteiger partial charge is 0.398 e. The average Bonchev–Trinajstić information content (AvgIpc) is 2.34.